The zero-order valence-electron chi connectivity index (χ0n) is 15.2. The summed E-state index contributed by atoms with van der Waals surface area (Å²) in [7, 11) is 0. The molecule has 5 rings (SSSR count). The van der Waals surface area contributed by atoms with Crippen molar-refractivity contribution in [2.24, 2.45) is 0 Å². The van der Waals surface area contributed by atoms with Gasteiger partial charge in [0.05, 0.1) is 11.7 Å². The molecule has 2 aliphatic heterocycles. The summed E-state index contributed by atoms with van der Waals surface area (Å²) in [6.45, 7) is 6.21. The van der Waals surface area contributed by atoms with Crippen LogP contribution in [0.15, 0.2) is 42.4 Å². The van der Waals surface area contributed by atoms with Crippen LogP contribution >= 0.6 is 0 Å². The number of allylic oxidation sites excluding steroid dienone is 1. The van der Waals surface area contributed by atoms with E-state index in [9.17, 15) is 0 Å². The van der Waals surface area contributed by atoms with Crippen LogP contribution in [0.5, 0.6) is 0 Å². The van der Waals surface area contributed by atoms with E-state index in [2.05, 4.69) is 62.7 Å². The molecule has 5 nitrogen and oxygen atoms in total. The molecule has 1 aliphatic carbocycles. The van der Waals surface area contributed by atoms with Gasteiger partial charge in [-0.15, -0.1) is 0 Å². The highest BCUT2D eigenvalue weighted by Gasteiger charge is 2.30. The molecule has 0 saturated carbocycles. The van der Waals surface area contributed by atoms with E-state index in [0.29, 0.717) is 0 Å². The Kier molecular flexibility index (Phi) is 3.91. The first-order valence-electron chi connectivity index (χ1n) is 9.52. The number of piperazine rings is 1. The summed E-state index contributed by atoms with van der Waals surface area (Å²) in [6, 6.07) is 4.32. The Bertz CT molecular complexity index is 878. The molecule has 2 aromatic rings. The van der Waals surface area contributed by atoms with Crippen LogP contribution in [-0.4, -0.2) is 39.5 Å². The minimum absolute atomic E-state index is 0.189. The first-order chi connectivity index (χ1) is 12.8. The highest BCUT2D eigenvalue weighted by Crippen LogP contribution is 2.29. The van der Waals surface area contributed by atoms with E-state index in [4.69, 9.17) is 0 Å². The average Bonchev–Trinajstić information content (AvgIpc) is 3.26. The van der Waals surface area contributed by atoms with Crippen molar-refractivity contribution in [3.63, 3.8) is 0 Å². The molecule has 1 atom stereocenters. The maximum Gasteiger partial charge on any atom is 0.0887 e. The minimum Gasteiger partial charge on any atom is -0.364 e. The molecular formula is C21H25N5. The summed E-state index contributed by atoms with van der Waals surface area (Å²) in [6.07, 6.45) is 13.3. The molecule has 2 N–H and O–H groups in total. The van der Waals surface area contributed by atoms with E-state index in [1.807, 2.05) is 12.3 Å². The number of aromatic amines is 1. The van der Waals surface area contributed by atoms with Crippen molar-refractivity contribution < 1.29 is 0 Å². The zero-order valence-corrected chi connectivity index (χ0v) is 15.2. The Hall–Kier alpha value is -2.37. The number of H-pyrrole nitrogens is 1. The third-order valence-electron chi connectivity index (χ3n) is 5.70. The standard InChI is InChI=1S/C21H25N5/c1-15-5-4-8-22-21(15)20-11-17-14-25(9-10-26(17)24-20)13-16-12-23-19-7-3-2-6-18(16)19/h2,4-6,8,11-12,20,23-24H,3,7,9-10,13-14H2,1H3. The van der Waals surface area contributed by atoms with Crippen molar-refractivity contribution in [3.05, 3.63) is 70.5 Å². The average molecular weight is 347 g/mol. The number of rotatable bonds is 3. The van der Waals surface area contributed by atoms with Crippen LogP contribution < -0.4 is 5.43 Å². The summed E-state index contributed by atoms with van der Waals surface area (Å²) >= 11 is 0. The van der Waals surface area contributed by atoms with Gasteiger partial charge in [-0.2, -0.15) is 0 Å². The molecule has 3 aliphatic rings. The summed E-state index contributed by atoms with van der Waals surface area (Å²) in [5, 5.41) is 2.31. The van der Waals surface area contributed by atoms with E-state index in [1.165, 1.54) is 28.1 Å². The van der Waals surface area contributed by atoms with Crippen LogP contribution in [0.4, 0.5) is 0 Å². The van der Waals surface area contributed by atoms with Crippen molar-refractivity contribution >= 4 is 6.08 Å². The normalized spacial score (nSPS) is 22.3. The van der Waals surface area contributed by atoms with E-state index in [-0.39, 0.29) is 6.04 Å². The van der Waals surface area contributed by atoms with Gasteiger partial charge >= 0.3 is 0 Å². The van der Waals surface area contributed by atoms with E-state index in [1.54, 1.807) is 0 Å². The summed E-state index contributed by atoms with van der Waals surface area (Å²) < 4.78 is 0. The molecule has 4 heterocycles. The zero-order chi connectivity index (χ0) is 17.5. The Labute approximate surface area is 154 Å². The van der Waals surface area contributed by atoms with Gasteiger partial charge in [-0.1, -0.05) is 18.2 Å². The Balaban J connectivity index is 1.32. The lowest BCUT2D eigenvalue weighted by molar-refractivity contribution is 0.139. The van der Waals surface area contributed by atoms with Crippen LogP contribution in [0, 0.1) is 6.92 Å². The molecule has 0 spiro atoms. The van der Waals surface area contributed by atoms with Crippen LogP contribution in [0.3, 0.4) is 0 Å². The predicted octanol–water partition coefficient (Wildman–Crippen LogP) is 2.94. The molecule has 0 bridgehead atoms. The van der Waals surface area contributed by atoms with Gasteiger partial charge in [0, 0.05) is 50.0 Å². The van der Waals surface area contributed by atoms with Crippen molar-refractivity contribution in [1.82, 2.24) is 25.3 Å². The fourth-order valence-corrected chi connectivity index (χ4v) is 4.30. The van der Waals surface area contributed by atoms with Gasteiger partial charge < -0.3 is 9.99 Å². The van der Waals surface area contributed by atoms with E-state index < -0.39 is 0 Å². The quantitative estimate of drug-likeness (QED) is 0.896. The van der Waals surface area contributed by atoms with Crippen molar-refractivity contribution in [3.8, 4) is 0 Å². The van der Waals surface area contributed by atoms with Crippen molar-refractivity contribution in [1.29, 1.82) is 0 Å². The monoisotopic (exact) mass is 347 g/mol. The minimum atomic E-state index is 0.189. The maximum atomic E-state index is 4.59. The highest BCUT2D eigenvalue weighted by atomic mass is 15.6. The predicted molar refractivity (Wildman–Crippen MR) is 103 cm³/mol. The molecule has 1 saturated heterocycles. The first kappa shape index (κ1) is 15.9. The lowest BCUT2D eigenvalue weighted by Crippen LogP contribution is -2.47. The summed E-state index contributed by atoms with van der Waals surface area (Å²) in [5.74, 6) is 0. The number of fused-ring (bicyclic) bond motifs is 2. The molecule has 26 heavy (non-hydrogen) atoms. The lowest BCUT2D eigenvalue weighted by atomic mass is 10.0. The van der Waals surface area contributed by atoms with E-state index >= 15 is 0 Å². The third kappa shape index (κ3) is 2.77. The van der Waals surface area contributed by atoms with Crippen LogP contribution in [-0.2, 0) is 13.0 Å². The number of hydrogen-bond acceptors (Lipinski definition) is 4. The summed E-state index contributed by atoms with van der Waals surface area (Å²) in [5.41, 5.74) is 11.6. The van der Waals surface area contributed by atoms with Crippen molar-refractivity contribution in [2.45, 2.75) is 32.4 Å². The van der Waals surface area contributed by atoms with Gasteiger partial charge in [-0.3, -0.25) is 9.88 Å². The number of hydrazine groups is 1. The molecule has 0 amide bonds. The molecule has 5 heteroatoms. The topological polar surface area (TPSA) is 47.2 Å². The number of hydrogen-bond donors (Lipinski definition) is 2. The number of nitrogens with zero attached hydrogens (tertiary/aromatic N) is 3. The van der Waals surface area contributed by atoms with Gasteiger partial charge in [0.15, 0.2) is 0 Å². The van der Waals surface area contributed by atoms with E-state index in [0.717, 1.165) is 44.7 Å². The van der Waals surface area contributed by atoms with Crippen LogP contribution in [0.2, 0.25) is 0 Å². The van der Waals surface area contributed by atoms with Gasteiger partial charge in [0.1, 0.15) is 0 Å². The molecule has 0 aromatic carbocycles. The Morgan fingerprint density at radius 2 is 2.27 bits per heavy atom. The van der Waals surface area contributed by atoms with Gasteiger partial charge in [-0.05, 0) is 48.6 Å². The largest absolute Gasteiger partial charge is 0.364 e. The van der Waals surface area contributed by atoms with Crippen LogP contribution in [0.1, 0.15) is 40.5 Å². The number of aromatic nitrogens is 2. The highest BCUT2D eigenvalue weighted by molar-refractivity contribution is 5.58. The maximum absolute atomic E-state index is 4.59. The molecular weight excluding hydrogens is 322 g/mol. The fraction of sp³-hybridized carbons (Fsp3) is 0.381. The lowest BCUT2D eigenvalue weighted by Gasteiger charge is -2.35. The summed E-state index contributed by atoms with van der Waals surface area (Å²) in [4.78, 5) is 10.6. The Morgan fingerprint density at radius 1 is 1.31 bits per heavy atom. The number of aryl methyl sites for hydroxylation is 2. The molecule has 0 radical (unpaired) electrons. The second kappa shape index (κ2) is 6.41. The van der Waals surface area contributed by atoms with Crippen molar-refractivity contribution in [2.75, 3.05) is 19.6 Å². The van der Waals surface area contributed by atoms with Gasteiger partial charge in [0.2, 0.25) is 0 Å². The second-order valence-corrected chi connectivity index (χ2v) is 7.48. The number of pyridine rings is 1. The van der Waals surface area contributed by atoms with Gasteiger partial charge in [-0.25, -0.2) is 5.43 Å². The fourth-order valence-electron chi connectivity index (χ4n) is 4.30. The Morgan fingerprint density at radius 3 is 3.19 bits per heavy atom. The molecule has 1 fully saturated rings. The SMILES string of the molecule is Cc1cccnc1C1C=C2CN(Cc3c[nH]c4c3C=CCC4)CCN2N1. The molecule has 2 aromatic heterocycles. The first-order valence-corrected chi connectivity index (χ1v) is 9.52. The number of nitrogens with one attached hydrogen (secondary N) is 2. The second-order valence-electron chi connectivity index (χ2n) is 7.48. The molecule has 134 valence electrons. The van der Waals surface area contributed by atoms with Crippen LogP contribution in [0.25, 0.3) is 6.08 Å². The van der Waals surface area contributed by atoms with Gasteiger partial charge in [0.25, 0.3) is 0 Å². The smallest absolute Gasteiger partial charge is 0.0887 e. The molecule has 1 unspecified atom stereocenters. The third-order valence-corrected chi connectivity index (χ3v) is 5.70.